The van der Waals surface area contributed by atoms with Gasteiger partial charge in [-0.3, -0.25) is 0 Å². The molecule has 0 saturated heterocycles. The topological polar surface area (TPSA) is 38.7 Å². The van der Waals surface area contributed by atoms with Crippen LogP contribution in [0.1, 0.15) is 18.6 Å². The van der Waals surface area contributed by atoms with Crippen molar-refractivity contribution in [3.8, 4) is 17.2 Å². The second-order valence-electron chi connectivity index (χ2n) is 4.12. The molecule has 0 spiro atoms. The number of aliphatic hydroxyl groups is 1. The highest BCUT2D eigenvalue weighted by atomic mass is 35.5. The number of benzene rings is 2. The first-order chi connectivity index (χ1) is 9.11. The van der Waals surface area contributed by atoms with Crippen LogP contribution in [0.3, 0.4) is 0 Å². The highest BCUT2D eigenvalue weighted by molar-refractivity contribution is 6.32. The van der Waals surface area contributed by atoms with E-state index < -0.39 is 6.10 Å². The Hall–Kier alpha value is -1.71. The van der Waals surface area contributed by atoms with Gasteiger partial charge in [0.2, 0.25) is 0 Å². The van der Waals surface area contributed by atoms with Crippen LogP contribution in [0.5, 0.6) is 17.2 Å². The summed E-state index contributed by atoms with van der Waals surface area (Å²) in [5, 5.41) is 9.94. The molecule has 0 aliphatic rings. The van der Waals surface area contributed by atoms with E-state index in [9.17, 15) is 5.11 Å². The van der Waals surface area contributed by atoms with Crippen molar-refractivity contribution in [3.05, 3.63) is 53.1 Å². The number of ether oxygens (including phenoxy) is 2. The van der Waals surface area contributed by atoms with Crippen molar-refractivity contribution in [3.63, 3.8) is 0 Å². The number of halogens is 1. The number of hydrogen-bond acceptors (Lipinski definition) is 3. The normalized spacial score (nSPS) is 12.0. The Balaban J connectivity index is 2.28. The Morgan fingerprint density at radius 1 is 1.05 bits per heavy atom. The summed E-state index contributed by atoms with van der Waals surface area (Å²) in [7, 11) is 1.58. The maximum absolute atomic E-state index is 9.49. The Morgan fingerprint density at radius 2 is 1.74 bits per heavy atom. The van der Waals surface area contributed by atoms with Crippen LogP contribution in [0.2, 0.25) is 5.02 Å². The largest absolute Gasteiger partial charge is 0.493 e. The van der Waals surface area contributed by atoms with E-state index in [4.69, 9.17) is 21.1 Å². The van der Waals surface area contributed by atoms with Crippen LogP contribution >= 0.6 is 11.6 Å². The monoisotopic (exact) mass is 278 g/mol. The molecule has 100 valence electrons. The summed E-state index contributed by atoms with van der Waals surface area (Å²) in [6, 6.07) is 12.5. The molecule has 19 heavy (non-hydrogen) atoms. The van der Waals surface area contributed by atoms with Crippen molar-refractivity contribution in [2.24, 2.45) is 0 Å². The molecule has 0 saturated carbocycles. The van der Waals surface area contributed by atoms with Gasteiger partial charge in [-0.2, -0.15) is 0 Å². The first-order valence-electron chi connectivity index (χ1n) is 5.90. The molecule has 1 N–H and O–H groups in total. The Kier molecular flexibility index (Phi) is 4.30. The van der Waals surface area contributed by atoms with E-state index in [0.717, 1.165) is 5.56 Å². The Bertz CT molecular complexity index is 567. The van der Waals surface area contributed by atoms with Crippen molar-refractivity contribution in [2.75, 3.05) is 7.11 Å². The summed E-state index contributed by atoms with van der Waals surface area (Å²) in [5.41, 5.74) is 0.748. The van der Waals surface area contributed by atoms with E-state index in [2.05, 4.69) is 0 Å². The summed E-state index contributed by atoms with van der Waals surface area (Å²) >= 11 is 6.14. The zero-order valence-corrected chi connectivity index (χ0v) is 11.5. The highest BCUT2D eigenvalue weighted by Gasteiger charge is 2.09. The zero-order valence-electron chi connectivity index (χ0n) is 10.8. The van der Waals surface area contributed by atoms with Crippen LogP contribution in [0.4, 0.5) is 0 Å². The number of aliphatic hydroxyl groups excluding tert-OH is 1. The van der Waals surface area contributed by atoms with Gasteiger partial charge in [0.1, 0.15) is 5.75 Å². The molecule has 0 aliphatic heterocycles. The first-order valence-corrected chi connectivity index (χ1v) is 6.28. The summed E-state index contributed by atoms with van der Waals surface area (Å²) in [4.78, 5) is 0. The maximum atomic E-state index is 9.49. The summed E-state index contributed by atoms with van der Waals surface area (Å²) in [6.45, 7) is 1.69. The van der Waals surface area contributed by atoms with Crippen molar-refractivity contribution in [1.29, 1.82) is 0 Å². The number of rotatable bonds is 4. The third-order valence-corrected chi connectivity index (χ3v) is 3.02. The minimum atomic E-state index is -0.558. The van der Waals surface area contributed by atoms with Gasteiger partial charge < -0.3 is 14.6 Å². The Labute approximate surface area is 117 Å². The molecule has 2 rings (SSSR count). The van der Waals surface area contributed by atoms with Crippen LogP contribution in [-0.4, -0.2) is 12.2 Å². The van der Waals surface area contributed by atoms with Crippen LogP contribution in [0.25, 0.3) is 0 Å². The van der Waals surface area contributed by atoms with E-state index >= 15 is 0 Å². The predicted octanol–water partition coefficient (Wildman–Crippen LogP) is 4.19. The van der Waals surface area contributed by atoms with E-state index in [1.807, 2.05) is 18.2 Å². The molecule has 0 heterocycles. The molecule has 0 unspecified atom stereocenters. The van der Waals surface area contributed by atoms with Crippen LogP contribution < -0.4 is 9.47 Å². The number of methoxy groups -OCH3 is 1. The fourth-order valence-electron chi connectivity index (χ4n) is 1.68. The highest BCUT2D eigenvalue weighted by Crippen LogP contribution is 2.35. The maximum Gasteiger partial charge on any atom is 0.169 e. The fraction of sp³-hybridized carbons (Fsp3) is 0.200. The lowest BCUT2D eigenvalue weighted by atomic mass is 10.1. The van der Waals surface area contributed by atoms with Gasteiger partial charge in [-0.05, 0) is 36.8 Å². The van der Waals surface area contributed by atoms with Crippen molar-refractivity contribution >= 4 is 11.6 Å². The SMILES string of the molecule is COc1ccccc1Oc1ccc([C@H](C)O)cc1Cl. The minimum Gasteiger partial charge on any atom is -0.493 e. The third-order valence-electron chi connectivity index (χ3n) is 2.73. The molecular weight excluding hydrogens is 264 g/mol. The van der Waals surface area contributed by atoms with Crippen LogP contribution in [0, 0.1) is 0 Å². The second kappa shape index (κ2) is 5.95. The van der Waals surface area contributed by atoms with E-state index in [0.29, 0.717) is 22.3 Å². The van der Waals surface area contributed by atoms with Crippen molar-refractivity contribution < 1.29 is 14.6 Å². The lowest BCUT2D eigenvalue weighted by molar-refractivity contribution is 0.199. The van der Waals surface area contributed by atoms with Gasteiger partial charge in [0.25, 0.3) is 0 Å². The van der Waals surface area contributed by atoms with Gasteiger partial charge in [-0.25, -0.2) is 0 Å². The van der Waals surface area contributed by atoms with Gasteiger partial charge in [0, 0.05) is 0 Å². The number of para-hydroxylation sites is 2. The van der Waals surface area contributed by atoms with Gasteiger partial charge in [0.15, 0.2) is 11.5 Å². The summed E-state index contributed by atoms with van der Waals surface area (Å²) in [6.07, 6.45) is -0.558. The minimum absolute atomic E-state index is 0.448. The van der Waals surface area contributed by atoms with Gasteiger partial charge in [-0.15, -0.1) is 0 Å². The average molecular weight is 279 g/mol. The quantitative estimate of drug-likeness (QED) is 0.911. The molecule has 0 amide bonds. The molecule has 0 aliphatic carbocycles. The van der Waals surface area contributed by atoms with Gasteiger partial charge in [0.05, 0.1) is 18.2 Å². The van der Waals surface area contributed by atoms with E-state index in [1.165, 1.54) is 0 Å². The average Bonchev–Trinajstić information content (AvgIpc) is 2.41. The summed E-state index contributed by atoms with van der Waals surface area (Å²) < 4.78 is 10.9. The molecule has 2 aromatic carbocycles. The summed E-state index contributed by atoms with van der Waals surface area (Å²) in [5.74, 6) is 1.76. The van der Waals surface area contributed by atoms with E-state index in [1.54, 1.807) is 38.3 Å². The van der Waals surface area contributed by atoms with E-state index in [-0.39, 0.29) is 0 Å². The van der Waals surface area contributed by atoms with Crippen LogP contribution in [0.15, 0.2) is 42.5 Å². The molecule has 3 nitrogen and oxygen atoms in total. The van der Waals surface area contributed by atoms with Gasteiger partial charge in [-0.1, -0.05) is 29.8 Å². The van der Waals surface area contributed by atoms with Gasteiger partial charge >= 0.3 is 0 Å². The first kappa shape index (κ1) is 13.7. The molecule has 0 radical (unpaired) electrons. The van der Waals surface area contributed by atoms with Crippen molar-refractivity contribution in [2.45, 2.75) is 13.0 Å². The predicted molar refractivity (Wildman–Crippen MR) is 75.2 cm³/mol. The molecule has 0 fully saturated rings. The number of hydrogen-bond donors (Lipinski definition) is 1. The third kappa shape index (κ3) is 3.19. The molecule has 0 aromatic heterocycles. The molecule has 4 heteroatoms. The molecule has 1 atom stereocenters. The molecular formula is C15H15ClO3. The molecule has 2 aromatic rings. The molecule has 0 bridgehead atoms. The lowest BCUT2D eigenvalue weighted by Gasteiger charge is -2.12. The zero-order chi connectivity index (χ0) is 13.8. The fourth-order valence-corrected chi connectivity index (χ4v) is 1.91. The lowest BCUT2D eigenvalue weighted by Crippen LogP contribution is -1.93. The second-order valence-corrected chi connectivity index (χ2v) is 4.53. The smallest absolute Gasteiger partial charge is 0.169 e. The van der Waals surface area contributed by atoms with Crippen molar-refractivity contribution in [1.82, 2.24) is 0 Å². The Morgan fingerprint density at radius 3 is 2.32 bits per heavy atom. The standard InChI is InChI=1S/C15H15ClO3/c1-10(17)11-7-8-13(12(16)9-11)19-15-6-4-3-5-14(15)18-2/h3-10,17H,1-2H3/t10-/m0/s1. The van der Waals surface area contributed by atoms with Crippen LogP contribution in [-0.2, 0) is 0 Å².